The molecule has 0 heterocycles. The van der Waals surface area contributed by atoms with Gasteiger partial charge < -0.3 is 0 Å². The second-order valence-electron chi connectivity index (χ2n) is 1.89. The fourth-order valence-electron chi connectivity index (χ4n) is 0.693. The lowest BCUT2D eigenvalue weighted by Gasteiger charge is -1.96. The minimum Gasteiger partial charge on any atom is -0.207 e. The van der Waals surface area contributed by atoms with E-state index < -0.39 is 0 Å². The van der Waals surface area contributed by atoms with Crippen molar-refractivity contribution in [2.75, 3.05) is 0 Å². The van der Waals surface area contributed by atoms with Gasteiger partial charge >= 0.3 is 0 Å². The summed E-state index contributed by atoms with van der Waals surface area (Å²) in [7, 11) is 0. The van der Waals surface area contributed by atoms with Crippen LogP contribution >= 0.6 is 23.4 Å². The van der Waals surface area contributed by atoms with Crippen molar-refractivity contribution >= 4 is 23.4 Å². The number of thioether (sulfide) groups is 1. The maximum atomic E-state index is 12.6. The van der Waals surface area contributed by atoms with Crippen LogP contribution in [0.1, 0.15) is 0 Å². The molecular weight excluding hydrogens is 183 g/mol. The van der Waals surface area contributed by atoms with Crippen LogP contribution in [-0.2, 0) is 0 Å². The van der Waals surface area contributed by atoms with Crippen molar-refractivity contribution in [2.24, 2.45) is 0 Å². The van der Waals surface area contributed by atoms with Crippen LogP contribution in [0.4, 0.5) is 4.39 Å². The predicted octanol–water partition coefficient (Wildman–Crippen LogP) is 3.71. The number of benzene rings is 1. The topological polar surface area (TPSA) is 0 Å². The van der Waals surface area contributed by atoms with Gasteiger partial charge in [-0.05, 0) is 23.6 Å². The van der Waals surface area contributed by atoms with E-state index in [1.807, 2.05) is 0 Å². The van der Waals surface area contributed by atoms with E-state index in [9.17, 15) is 4.39 Å². The number of rotatable bonds is 2. The zero-order chi connectivity index (χ0) is 8.27. The van der Waals surface area contributed by atoms with Crippen molar-refractivity contribution in [3.05, 3.63) is 41.0 Å². The molecule has 1 aromatic rings. The van der Waals surface area contributed by atoms with E-state index in [-0.39, 0.29) is 5.82 Å². The second kappa shape index (κ2) is 3.79. The number of hydrogen-bond donors (Lipinski definition) is 0. The lowest BCUT2D eigenvalue weighted by Crippen LogP contribution is -1.75. The predicted molar refractivity (Wildman–Crippen MR) is 47.5 cm³/mol. The van der Waals surface area contributed by atoms with Gasteiger partial charge in [0, 0.05) is 9.92 Å². The Hall–Kier alpha value is -0.470. The first-order valence-corrected chi connectivity index (χ1v) is 4.22. The van der Waals surface area contributed by atoms with Gasteiger partial charge in [0.15, 0.2) is 0 Å². The Labute approximate surface area is 74.1 Å². The molecule has 0 saturated heterocycles. The number of halogens is 2. The molecule has 0 atom stereocenters. The summed E-state index contributed by atoms with van der Waals surface area (Å²) in [5.41, 5.74) is 0. The Morgan fingerprint density at radius 1 is 1.45 bits per heavy atom. The summed E-state index contributed by atoms with van der Waals surface area (Å²) in [6.45, 7) is 3.51. The zero-order valence-electron chi connectivity index (χ0n) is 5.68. The molecule has 0 unspecified atom stereocenters. The molecule has 0 aliphatic rings. The maximum Gasteiger partial charge on any atom is 0.125 e. The highest BCUT2D eigenvalue weighted by Gasteiger charge is 1.96. The molecule has 0 N–H and O–H groups in total. The first-order valence-electron chi connectivity index (χ1n) is 2.96. The quantitative estimate of drug-likeness (QED) is 0.638. The summed E-state index contributed by atoms with van der Waals surface area (Å²) in [5, 5.41) is 2.04. The molecule has 0 saturated carbocycles. The molecule has 0 radical (unpaired) electrons. The molecule has 0 amide bonds. The lowest BCUT2D eigenvalue weighted by molar-refractivity contribution is 0.624. The highest BCUT2D eigenvalue weighted by Crippen LogP contribution is 2.23. The average molecular weight is 189 g/mol. The van der Waals surface area contributed by atoms with Gasteiger partial charge in [-0.1, -0.05) is 29.9 Å². The summed E-state index contributed by atoms with van der Waals surface area (Å²) in [4.78, 5) is 0.769. The van der Waals surface area contributed by atoms with Gasteiger partial charge in [0.25, 0.3) is 0 Å². The van der Waals surface area contributed by atoms with Crippen molar-refractivity contribution in [3.63, 3.8) is 0 Å². The normalized spacial score (nSPS) is 9.64. The Morgan fingerprint density at radius 2 is 2.18 bits per heavy atom. The first kappa shape index (κ1) is 8.62. The Morgan fingerprint density at radius 3 is 2.73 bits per heavy atom. The minimum absolute atomic E-state index is 0.318. The SMILES string of the molecule is C=CSc1cc(F)cc(Cl)c1. The largest absolute Gasteiger partial charge is 0.207 e. The van der Waals surface area contributed by atoms with Crippen LogP contribution in [0, 0.1) is 5.82 Å². The van der Waals surface area contributed by atoms with Gasteiger partial charge in [-0.25, -0.2) is 4.39 Å². The monoisotopic (exact) mass is 188 g/mol. The highest BCUT2D eigenvalue weighted by atomic mass is 35.5. The van der Waals surface area contributed by atoms with Gasteiger partial charge in [0.2, 0.25) is 0 Å². The van der Waals surface area contributed by atoms with Crippen LogP contribution < -0.4 is 0 Å². The van der Waals surface area contributed by atoms with Crippen molar-refractivity contribution in [2.45, 2.75) is 4.90 Å². The summed E-state index contributed by atoms with van der Waals surface area (Å²) < 4.78 is 12.6. The van der Waals surface area contributed by atoms with Crippen molar-refractivity contribution in [1.82, 2.24) is 0 Å². The summed E-state index contributed by atoms with van der Waals surface area (Å²) in [5.74, 6) is -0.318. The lowest BCUT2D eigenvalue weighted by atomic mass is 10.3. The smallest absolute Gasteiger partial charge is 0.125 e. The second-order valence-corrected chi connectivity index (χ2v) is 3.37. The van der Waals surface area contributed by atoms with Crippen LogP contribution in [0.3, 0.4) is 0 Å². The molecule has 0 fully saturated rings. The standard InChI is InChI=1S/C8H6ClFS/c1-2-11-8-4-6(9)3-7(10)5-8/h2-5H,1H2. The van der Waals surface area contributed by atoms with Gasteiger partial charge in [0.05, 0.1) is 0 Å². The first-order chi connectivity index (χ1) is 5.22. The van der Waals surface area contributed by atoms with Crippen LogP contribution in [0.2, 0.25) is 5.02 Å². The van der Waals surface area contributed by atoms with Crippen molar-refractivity contribution in [1.29, 1.82) is 0 Å². The summed E-state index contributed by atoms with van der Waals surface area (Å²) >= 11 is 6.94. The third-order valence-corrected chi connectivity index (χ3v) is 1.95. The molecule has 58 valence electrons. The van der Waals surface area contributed by atoms with Crippen LogP contribution in [0.15, 0.2) is 35.1 Å². The van der Waals surface area contributed by atoms with Crippen LogP contribution in [0.25, 0.3) is 0 Å². The Kier molecular flexibility index (Phi) is 2.97. The molecule has 1 rings (SSSR count). The molecule has 3 heteroatoms. The van der Waals surface area contributed by atoms with Gasteiger partial charge in [-0.3, -0.25) is 0 Å². The fourth-order valence-corrected chi connectivity index (χ4v) is 1.55. The van der Waals surface area contributed by atoms with Crippen molar-refractivity contribution in [3.8, 4) is 0 Å². The maximum absolute atomic E-state index is 12.6. The molecule has 0 spiro atoms. The van der Waals surface area contributed by atoms with E-state index in [0.29, 0.717) is 5.02 Å². The molecule has 11 heavy (non-hydrogen) atoms. The van der Waals surface area contributed by atoms with Gasteiger partial charge in [-0.15, -0.1) is 0 Å². The molecular formula is C8H6ClFS. The molecule has 0 nitrogen and oxygen atoms in total. The third-order valence-electron chi connectivity index (χ3n) is 1.06. The van der Waals surface area contributed by atoms with E-state index in [1.165, 1.54) is 23.9 Å². The van der Waals surface area contributed by atoms with Crippen molar-refractivity contribution < 1.29 is 4.39 Å². The Balaban J connectivity index is 2.98. The fraction of sp³-hybridized carbons (Fsp3) is 0. The van der Waals surface area contributed by atoms with Crippen LogP contribution in [-0.4, -0.2) is 0 Å². The van der Waals surface area contributed by atoms with Crippen LogP contribution in [0.5, 0.6) is 0 Å². The molecule has 0 aliphatic carbocycles. The average Bonchev–Trinajstić information content (AvgIpc) is 1.85. The zero-order valence-corrected chi connectivity index (χ0v) is 7.25. The highest BCUT2D eigenvalue weighted by molar-refractivity contribution is 8.02. The van der Waals surface area contributed by atoms with Gasteiger partial charge in [0.1, 0.15) is 5.82 Å². The van der Waals surface area contributed by atoms with E-state index in [4.69, 9.17) is 11.6 Å². The van der Waals surface area contributed by atoms with E-state index in [1.54, 1.807) is 11.5 Å². The van der Waals surface area contributed by atoms with Gasteiger partial charge in [-0.2, -0.15) is 0 Å². The molecule has 0 aromatic heterocycles. The molecule has 0 aliphatic heterocycles. The minimum atomic E-state index is -0.318. The summed E-state index contributed by atoms with van der Waals surface area (Å²) in [6, 6.07) is 4.38. The third kappa shape index (κ3) is 2.56. The van der Waals surface area contributed by atoms with E-state index in [0.717, 1.165) is 4.90 Å². The van der Waals surface area contributed by atoms with E-state index in [2.05, 4.69) is 6.58 Å². The summed E-state index contributed by atoms with van der Waals surface area (Å²) in [6.07, 6.45) is 0. The Bertz CT molecular complexity index is 253. The van der Waals surface area contributed by atoms with E-state index >= 15 is 0 Å². The molecule has 1 aromatic carbocycles. The number of hydrogen-bond acceptors (Lipinski definition) is 1. The molecule has 0 bridgehead atoms.